The zero-order valence-corrected chi connectivity index (χ0v) is 11.7. The van der Waals surface area contributed by atoms with Gasteiger partial charge >= 0.3 is 0 Å². The van der Waals surface area contributed by atoms with Gasteiger partial charge in [-0.1, -0.05) is 23.1 Å². The minimum atomic E-state index is -0.198. The Morgan fingerprint density at radius 1 is 1.48 bits per heavy atom. The molecule has 21 heavy (non-hydrogen) atoms. The summed E-state index contributed by atoms with van der Waals surface area (Å²) in [5.74, 6) is 5.60. The number of hydrogen-bond donors (Lipinski definition) is 2. The van der Waals surface area contributed by atoms with Crippen LogP contribution in [0.25, 0.3) is 0 Å². The number of nitrogens with one attached hydrogen (secondary N) is 1. The fraction of sp³-hybridized carbons (Fsp3) is 0.267. The number of carbonyl (C=O) groups is 1. The van der Waals surface area contributed by atoms with Crippen LogP contribution in [0.2, 0.25) is 0 Å². The van der Waals surface area contributed by atoms with Crippen LogP contribution in [-0.2, 0) is 11.3 Å². The number of benzene rings is 1. The van der Waals surface area contributed by atoms with Crippen molar-refractivity contribution in [3.8, 4) is 11.8 Å². The van der Waals surface area contributed by atoms with Crippen LogP contribution < -0.4 is 5.32 Å². The van der Waals surface area contributed by atoms with Gasteiger partial charge in [-0.05, 0) is 24.6 Å². The van der Waals surface area contributed by atoms with Crippen LogP contribution in [0, 0.1) is 18.8 Å². The van der Waals surface area contributed by atoms with Crippen molar-refractivity contribution >= 4 is 11.6 Å². The van der Waals surface area contributed by atoms with Crippen LogP contribution in [0.5, 0.6) is 0 Å². The molecule has 1 aromatic carbocycles. The standard InChI is InChI=1S/C15H16N4O2/c1-12-5-6-13(4-2-3-9-20)14(10-12)17-15(21)11-19-8-7-16-18-19/h5-8,10,20H,3,9,11H2,1H3,(H,17,21). The summed E-state index contributed by atoms with van der Waals surface area (Å²) in [4.78, 5) is 12.0. The van der Waals surface area contributed by atoms with Gasteiger partial charge in [-0.3, -0.25) is 4.79 Å². The molecule has 0 spiro atoms. The molecule has 2 rings (SSSR count). The predicted molar refractivity (Wildman–Crippen MR) is 78.4 cm³/mol. The Morgan fingerprint density at radius 2 is 2.33 bits per heavy atom. The van der Waals surface area contributed by atoms with Crippen LogP contribution in [0.3, 0.4) is 0 Å². The molecule has 1 amide bonds. The minimum absolute atomic E-state index is 0.0207. The zero-order chi connectivity index (χ0) is 15.1. The van der Waals surface area contributed by atoms with Crippen molar-refractivity contribution in [3.63, 3.8) is 0 Å². The second-order valence-corrected chi connectivity index (χ2v) is 4.47. The quantitative estimate of drug-likeness (QED) is 0.820. The number of anilines is 1. The number of hydrogen-bond acceptors (Lipinski definition) is 4. The molecule has 0 radical (unpaired) electrons. The van der Waals surface area contributed by atoms with E-state index in [1.807, 2.05) is 25.1 Å². The van der Waals surface area contributed by atoms with E-state index in [9.17, 15) is 4.79 Å². The maximum absolute atomic E-state index is 12.0. The first-order valence-corrected chi connectivity index (χ1v) is 6.53. The van der Waals surface area contributed by atoms with E-state index in [2.05, 4.69) is 27.5 Å². The molecule has 0 unspecified atom stereocenters. The van der Waals surface area contributed by atoms with E-state index in [0.717, 1.165) is 11.1 Å². The Morgan fingerprint density at radius 3 is 3.05 bits per heavy atom. The van der Waals surface area contributed by atoms with E-state index in [-0.39, 0.29) is 19.1 Å². The second kappa shape index (κ2) is 7.22. The first kappa shape index (κ1) is 14.8. The molecule has 0 aliphatic rings. The number of aliphatic hydroxyl groups excluding tert-OH is 1. The van der Waals surface area contributed by atoms with E-state index in [1.54, 1.807) is 6.20 Å². The lowest BCUT2D eigenvalue weighted by Gasteiger charge is -2.08. The lowest BCUT2D eigenvalue weighted by molar-refractivity contribution is -0.116. The summed E-state index contributed by atoms with van der Waals surface area (Å²) in [5.41, 5.74) is 2.41. The molecule has 2 aromatic rings. The monoisotopic (exact) mass is 284 g/mol. The van der Waals surface area contributed by atoms with Gasteiger partial charge in [0.1, 0.15) is 6.54 Å². The van der Waals surface area contributed by atoms with E-state index in [0.29, 0.717) is 12.1 Å². The number of nitrogens with zero attached hydrogens (tertiary/aromatic N) is 3. The molecule has 0 aliphatic heterocycles. The topological polar surface area (TPSA) is 80.0 Å². The Hall–Kier alpha value is -2.65. The molecule has 0 saturated heterocycles. The SMILES string of the molecule is Cc1ccc(C#CCCO)c(NC(=O)Cn2ccnn2)c1. The van der Waals surface area contributed by atoms with Crippen molar-refractivity contribution in [2.45, 2.75) is 19.9 Å². The number of aliphatic hydroxyl groups is 1. The Labute approximate surface area is 122 Å². The molecule has 108 valence electrons. The van der Waals surface area contributed by atoms with Crippen LogP contribution in [-0.4, -0.2) is 32.6 Å². The number of aryl methyl sites for hydroxylation is 1. The highest BCUT2D eigenvalue weighted by molar-refractivity contribution is 5.92. The third-order valence-corrected chi connectivity index (χ3v) is 2.69. The van der Waals surface area contributed by atoms with E-state index in [1.165, 1.54) is 10.9 Å². The Balaban J connectivity index is 2.12. The summed E-state index contributed by atoms with van der Waals surface area (Å²) in [6.07, 6.45) is 3.55. The Kier molecular flexibility index (Phi) is 5.07. The molecule has 0 aliphatic carbocycles. The molecule has 6 heteroatoms. The largest absolute Gasteiger partial charge is 0.395 e. The molecule has 1 heterocycles. The molecular formula is C15H16N4O2. The smallest absolute Gasteiger partial charge is 0.246 e. The summed E-state index contributed by atoms with van der Waals surface area (Å²) in [6, 6.07) is 5.64. The van der Waals surface area contributed by atoms with E-state index in [4.69, 9.17) is 5.11 Å². The Bertz CT molecular complexity index is 669. The van der Waals surface area contributed by atoms with Gasteiger partial charge in [0.2, 0.25) is 5.91 Å². The van der Waals surface area contributed by atoms with Crippen molar-refractivity contribution in [1.82, 2.24) is 15.0 Å². The van der Waals surface area contributed by atoms with Crippen LogP contribution in [0.1, 0.15) is 17.5 Å². The number of amides is 1. The number of carbonyl (C=O) groups excluding carboxylic acids is 1. The molecule has 6 nitrogen and oxygen atoms in total. The molecule has 0 fully saturated rings. The van der Waals surface area contributed by atoms with Gasteiger partial charge in [0.25, 0.3) is 0 Å². The second-order valence-electron chi connectivity index (χ2n) is 4.47. The fourth-order valence-corrected chi connectivity index (χ4v) is 1.74. The normalized spacial score (nSPS) is 9.81. The lowest BCUT2D eigenvalue weighted by Crippen LogP contribution is -2.19. The first-order chi connectivity index (χ1) is 10.2. The highest BCUT2D eigenvalue weighted by Crippen LogP contribution is 2.16. The van der Waals surface area contributed by atoms with Gasteiger partial charge in [-0.15, -0.1) is 5.10 Å². The average Bonchev–Trinajstić information content (AvgIpc) is 2.94. The fourth-order valence-electron chi connectivity index (χ4n) is 1.74. The lowest BCUT2D eigenvalue weighted by atomic mass is 10.1. The van der Waals surface area contributed by atoms with E-state index < -0.39 is 0 Å². The van der Waals surface area contributed by atoms with E-state index >= 15 is 0 Å². The van der Waals surface area contributed by atoms with Crippen molar-refractivity contribution < 1.29 is 9.90 Å². The number of aromatic nitrogens is 3. The first-order valence-electron chi connectivity index (χ1n) is 6.53. The maximum atomic E-state index is 12.0. The summed E-state index contributed by atoms with van der Waals surface area (Å²) in [7, 11) is 0. The third kappa shape index (κ3) is 4.44. The molecule has 0 bridgehead atoms. The highest BCUT2D eigenvalue weighted by Gasteiger charge is 2.07. The van der Waals surface area contributed by atoms with Gasteiger partial charge in [-0.25, -0.2) is 4.68 Å². The van der Waals surface area contributed by atoms with Crippen molar-refractivity contribution in [3.05, 3.63) is 41.7 Å². The van der Waals surface area contributed by atoms with Gasteiger partial charge < -0.3 is 10.4 Å². The summed E-state index contributed by atoms with van der Waals surface area (Å²) < 4.78 is 1.45. The maximum Gasteiger partial charge on any atom is 0.246 e. The minimum Gasteiger partial charge on any atom is -0.395 e. The van der Waals surface area contributed by atoms with Crippen molar-refractivity contribution in [2.75, 3.05) is 11.9 Å². The molecule has 2 N–H and O–H groups in total. The molecular weight excluding hydrogens is 268 g/mol. The van der Waals surface area contributed by atoms with Gasteiger partial charge in [-0.2, -0.15) is 0 Å². The van der Waals surface area contributed by atoms with Gasteiger partial charge in [0.15, 0.2) is 0 Å². The van der Waals surface area contributed by atoms with Crippen molar-refractivity contribution in [2.24, 2.45) is 0 Å². The number of rotatable bonds is 4. The van der Waals surface area contributed by atoms with Crippen molar-refractivity contribution in [1.29, 1.82) is 0 Å². The summed E-state index contributed by atoms with van der Waals surface area (Å²) >= 11 is 0. The molecule has 0 saturated carbocycles. The summed E-state index contributed by atoms with van der Waals surface area (Å²) in [5, 5.41) is 19.0. The zero-order valence-electron chi connectivity index (χ0n) is 11.7. The average molecular weight is 284 g/mol. The van der Waals surface area contributed by atoms with Crippen LogP contribution >= 0.6 is 0 Å². The van der Waals surface area contributed by atoms with Crippen LogP contribution in [0.15, 0.2) is 30.6 Å². The predicted octanol–water partition coefficient (Wildman–Crippen LogP) is 0.959. The summed E-state index contributed by atoms with van der Waals surface area (Å²) in [6.45, 7) is 2.06. The highest BCUT2D eigenvalue weighted by atomic mass is 16.2. The molecule has 1 aromatic heterocycles. The van der Waals surface area contributed by atoms with Crippen LogP contribution in [0.4, 0.5) is 5.69 Å². The third-order valence-electron chi connectivity index (χ3n) is 2.69. The van der Waals surface area contributed by atoms with Gasteiger partial charge in [0, 0.05) is 18.2 Å². The molecule has 0 atom stereocenters. The van der Waals surface area contributed by atoms with Gasteiger partial charge in [0.05, 0.1) is 18.5 Å².